The summed E-state index contributed by atoms with van der Waals surface area (Å²) in [5.74, 6) is -1.09. The fourth-order valence-corrected chi connectivity index (χ4v) is 2.82. The van der Waals surface area contributed by atoms with Crippen LogP contribution in [0.1, 0.15) is 13.8 Å². The predicted molar refractivity (Wildman–Crippen MR) is 63.5 cm³/mol. The summed E-state index contributed by atoms with van der Waals surface area (Å²) in [5.41, 5.74) is 10.2. The van der Waals surface area contributed by atoms with Gasteiger partial charge in [-0.15, -0.1) is 0 Å². The van der Waals surface area contributed by atoms with Gasteiger partial charge in [0.05, 0.1) is 13.2 Å². The van der Waals surface area contributed by atoms with Crippen molar-refractivity contribution >= 4 is 19.5 Å². The summed E-state index contributed by atoms with van der Waals surface area (Å²) in [6.45, 7) is 3.41. The van der Waals surface area contributed by atoms with E-state index in [-0.39, 0.29) is 26.0 Å². The average Bonchev–Trinajstić information content (AvgIpc) is 2.16. The number of rotatable bonds is 8. The molecule has 0 heterocycles. The predicted octanol–water partition coefficient (Wildman–Crippen LogP) is -0.109. The van der Waals surface area contributed by atoms with E-state index in [9.17, 15) is 9.36 Å². The molecule has 0 unspecified atom stereocenters. The van der Waals surface area contributed by atoms with Crippen LogP contribution in [0.3, 0.4) is 0 Å². The van der Waals surface area contributed by atoms with Crippen molar-refractivity contribution in [3.8, 4) is 0 Å². The molecule has 100 valence electrons. The first-order valence-electron chi connectivity index (χ1n) is 5.10. The third-order valence-electron chi connectivity index (χ3n) is 1.68. The Labute approximate surface area is 100 Å². The second kappa shape index (κ2) is 7.26. The zero-order valence-electron chi connectivity index (χ0n) is 10.0. The highest BCUT2D eigenvalue weighted by molar-refractivity contribution is 7.53. The van der Waals surface area contributed by atoms with Gasteiger partial charge in [-0.3, -0.25) is 14.8 Å². The Morgan fingerprint density at radius 1 is 1.29 bits per heavy atom. The van der Waals surface area contributed by atoms with Crippen molar-refractivity contribution in [1.29, 1.82) is 5.41 Å². The molecule has 0 bridgehead atoms. The number of carbonyl (C=O) groups is 1. The van der Waals surface area contributed by atoms with Crippen molar-refractivity contribution in [3.63, 3.8) is 0 Å². The van der Waals surface area contributed by atoms with E-state index in [1.54, 1.807) is 13.8 Å². The molecule has 0 rings (SSSR count). The molecular weight excluding hydrogens is 247 g/mol. The molecule has 0 aromatic heterocycles. The summed E-state index contributed by atoms with van der Waals surface area (Å²) < 4.78 is 22.2. The number of nitrogens with two attached hydrogens (primary N) is 2. The molecule has 0 aliphatic heterocycles. The molecule has 1 amide bonds. The van der Waals surface area contributed by atoms with Crippen molar-refractivity contribution < 1.29 is 18.4 Å². The molecule has 0 aromatic carbocycles. The Hall–Kier alpha value is -1.11. The summed E-state index contributed by atoms with van der Waals surface area (Å²) in [7, 11) is -3.39. The lowest BCUT2D eigenvalue weighted by Crippen LogP contribution is -2.42. The fraction of sp³-hybridized carbons (Fsp3) is 0.750. The van der Waals surface area contributed by atoms with E-state index < -0.39 is 19.5 Å². The van der Waals surface area contributed by atoms with Gasteiger partial charge in [-0.25, -0.2) is 0 Å². The van der Waals surface area contributed by atoms with Crippen LogP contribution in [-0.2, 0) is 18.4 Å². The molecule has 0 saturated heterocycles. The average molecular weight is 266 g/mol. The maximum Gasteiger partial charge on any atom is 0.349 e. The first-order chi connectivity index (χ1) is 7.84. The zero-order valence-corrected chi connectivity index (χ0v) is 10.9. The topological polar surface area (TPSA) is 132 Å². The van der Waals surface area contributed by atoms with E-state index in [1.165, 1.54) is 0 Å². The van der Waals surface area contributed by atoms with Crippen molar-refractivity contribution in [2.45, 2.75) is 13.8 Å². The highest BCUT2D eigenvalue weighted by Gasteiger charge is 2.28. The molecule has 8 nitrogen and oxygen atoms in total. The number of hydrogen-bond acceptors (Lipinski definition) is 5. The molecule has 0 atom stereocenters. The van der Waals surface area contributed by atoms with Crippen LogP contribution < -0.4 is 11.5 Å². The summed E-state index contributed by atoms with van der Waals surface area (Å²) in [6.07, 6.45) is -0.271. The first-order valence-corrected chi connectivity index (χ1v) is 6.82. The lowest BCUT2D eigenvalue weighted by Gasteiger charge is -2.25. The second-order valence-electron chi connectivity index (χ2n) is 3.14. The summed E-state index contributed by atoms with van der Waals surface area (Å²) >= 11 is 0. The first kappa shape index (κ1) is 15.9. The Kier molecular flexibility index (Phi) is 6.79. The van der Waals surface area contributed by atoms with Gasteiger partial charge in [0, 0.05) is 0 Å². The summed E-state index contributed by atoms with van der Waals surface area (Å²) in [4.78, 5) is 11.8. The Morgan fingerprint density at radius 3 is 2.06 bits per heavy atom. The molecule has 5 N–H and O–H groups in total. The van der Waals surface area contributed by atoms with Gasteiger partial charge in [-0.1, -0.05) is 0 Å². The number of nitrogens with one attached hydrogen (secondary N) is 1. The number of carbonyl (C=O) groups excluding carboxylic acids is 1. The molecule has 0 saturated carbocycles. The van der Waals surface area contributed by atoms with Gasteiger partial charge >= 0.3 is 7.60 Å². The second-order valence-corrected chi connectivity index (χ2v) is 5.16. The maximum atomic E-state index is 12.1. The quantitative estimate of drug-likeness (QED) is 0.319. The molecule has 17 heavy (non-hydrogen) atoms. The number of nitrogens with zero attached hydrogens (tertiary/aromatic N) is 1. The zero-order chi connectivity index (χ0) is 13.5. The largest absolute Gasteiger partial charge is 0.370 e. The van der Waals surface area contributed by atoms with Gasteiger partial charge in [-0.2, -0.15) is 0 Å². The number of hydrogen-bond donors (Lipinski definition) is 3. The van der Waals surface area contributed by atoms with Crippen LogP contribution in [0, 0.1) is 5.41 Å². The van der Waals surface area contributed by atoms with E-state index in [4.69, 9.17) is 25.9 Å². The van der Waals surface area contributed by atoms with E-state index in [2.05, 4.69) is 0 Å². The molecule has 0 spiro atoms. The van der Waals surface area contributed by atoms with E-state index in [0.717, 1.165) is 4.90 Å². The SMILES string of the molecule is CCOP(=O)(CN(CC(N)=O)C(=N)N)OCC. The monoisotopic (exact) mass is 266 g/mol. The molecule has 0 fully saturated rings. The maximum absolute atomic E-state index is 12.1. The Morgan fingerprint density at radius 2 is 1.76 bits per heavy atom. The van der Waals surface area contributed by atoms with Gasteiger partial charge < -0.3 is 25.4 Å². The van der Waals surface area contributed by atoms with Crippen LogP contribution in [0.5, 0.6) is 0 Å². The van der Waals surface area contributed by atoms with E-state index in [1.807, 2.05) is 0 Å². The molecule has 9 heteroatoms. The Balaban J connectivity index is 4.73. The van der Waals surface area contributed by atoms with Crippen LogP contribution in [0.25, 0.3) is 0 Å². The van der Waals surface area contributed by atoms with Gasteiger partial charge in [0.25, 0.3) is 0 Å². The number of amides is 1. The van der Waals surface area contributed by atoms with Crippen LogP contribution in [0.2, 0.25) is 0 Å². The van der Waals surface area contributed by atoms with Crippen LogP contribution >= 0.6 is 7.60 Å². The fourth-order valence-electron chi connectivity index (χ4n) is 1.12. The lowest BCUT2D eigenvalue weighted by molar-refractivity contribution is -0.118. The Bertz CT molecular complexity index is 313. The molecule has 0 aliphatic carbocycles. The minimum absolute atomic E-state index is 0.194. The minimum atomic E-state index is -3.39. The molecule has 0 radical (unpaired) electrons. The van der Waals surface area contributed by atoms with Gasteiger partial charge in [0.15, 0.2) is 5.96 Å². The van der Waals surface area contributed by atoms with Crippen molar-refractivity contribution in [2.24, 2.45) is 11.5 Å². The standard InChI is InChI=1S/C8H19N4O4P/c1-3-15-17(14,16-4-2)6-12(8(10)11)5-7(9)13/h3-6H2,1-2H3,(H2,9,13)(H3,10,11). The van der Waals surface area contributed by atoms with Crippen LogP contribution in [-0.4, -0.2) is 42.8 Å². The van der Waals surface area contributed by atoms with E-state index >= 15 is 0 Å². The number of primary amides is 1. The van der Waals surface area contributed by atoms with Crippen LogP contribution in [0.15, 0.2) is 0 Å². The van der Waals surface area contributed by atoms with Crippen molar-refractivity contribution in [3.05, 3.63) is 0 Å². The van der Waals surface area contributed by atoms with Gasteiger partial charge in [0.2, 0.25) is 5.91 Å². The summed E-state index contributed by atoms with van der Waals surface area (Å²) in [5, 5.41) is 7.25. The lowest BCUT2D eigenvalue weighted by atomic mass is 10.5. The highest BCUT2D eigenvalue weighted by atomic mass is 31.2. The highest BCUT2D eigenvalue weighted by Crippen LogP contribution is 2.48. The third-order valence-corrected chi connectivity index (χ3v) is 3.67. The normalized spacial score (nSPS) is 11.2. The van der Waals surface area contributed by atoms with E-state index in [0.29, 0.717) is 0 Å². The minimum Gasteiger partial charge on any atom is -0.370 e. The summed E-state index contributed by atoms with van der Waals surface area (Å²) in [6, 6.07) is 0. The third kappa shape index (κ3) is 6.25. The molecule has 0 aliphatic rings. The van der Waals surface area contributed by atoms with Crippen LogP contribution in [0.4, 0.5) is 0 Å². The molecule has 0 aromatic rings. The van der Waals surface area contributed by atoms with Crippen molar-refractivity contribution in [1.82, 2.24) is 4.90 Å². The number of guanidine groups is 1. The smallest absolute Gasteiger partial charge is 0.349 e. The van der Waals surface area contributed by atoms with Gasteiger partial charge in [0.1, 0.15) is 12.8 Å². The van der Waals surface area contributed by atoms with Crippen molar-refractivity contribution in [2.75, 3.05) is 26.0 Å². The van der Waals surface area contributed by atoms with Gasteiger partial charge in [-0.05, 0) is 13.8 Å². The molecular formula is C8H19N4O4P.